The summed E-state index contributed by atoms with van der Waals surface area (Å²) in [5, 5.41) is 3.27. The molecule has 1 amide bonds. The number of benzene rings is 2. The fourth-order valence-corrected chi connectivity index (χ4v) is 3.22. The van der Waals surface area contributed by atoms with Crippen LogP contribution in [0.4, 0.5) is 11.4 Å². The van der Waals surface area contributed by atoms with Crippen LogP contribution in [0, 0.1) is 0 Å². The largest absolute Gasteiger partial charge is 0.494 e. The predicted octanol–water partition coefficient (Wildman–Crippen LogP) is 3.87. The van der Waals surface area contributed by atoms with Crippen LogP contribution >= 0.6 is 0 Å². The summed E-state index contributed by atoms with van der Waals surface area (Å²) in [6.07, 6.45) is 0.549. The quantitative estimate of drug-likeness (QED) is 0.582. The topological polar surface area (TPSA) is 67.9 Å². The Balaban J connectivity index is 1.58. The maximum atomic E-state index is 12.8. The molecule has 0 saturated carbocycles. The van der Waals surface area contributed by atoms with Crippen molar-refractivity contribution in [1.82, 2.24) is 0 Å². The highest BCUT2D eigenvalue weighted by molar-refractivity contribution is 6.07. The van der Waals surface area contributed by atoms with Gasteiger partial charge in [0, 0.05) is 6.54 Å². The van der Waals surface area contributed by atoms with E-state index in [9.17, 15) is 9.59 Å². The monoisotopic (exact) mass is 382 g/mol. The lowest BCUT2D eigenvalue weighted by atomic mass is 9.98. The number of carbonyl (C=O) groups is 2. The van der Waals surface area contributed by atoms with Gasteiger partial charge in [0.2, 0.25) is 0 Å². The Labute approximate surface area is 165 Å². The highest BCUT2D eigenvalue weighted by Gasteiger charge is 2.38. The van der Waals surface area contributed by atoms with Gasteiger partial charge in [0.25, 0.3) is 5.91 Å². The molecule has 0 fully saturated rings. The second-order valence-electron chi connectivity index (χ2n) is 7.17. The van der Waals surface area contributed by atoms with Gasteiger partial charge >= 0.3 is 5.97 Å². The van der Waals surface area contributed by atoms with E-state index < -0.39 is 11.5 Å². The summed E-state index contributed by atoms with van der Waals surface area (Å²) in [5.41, 5.74) is 1.56. The molecule has 0 bridgehead atoms. The number of ether oxygens (including phenoxy) is 2. The van der Waals surface area contributed by atoms with Crippen molar-refractivity contribution in [1.29, 1.82) is 0 Å². The van der Waals surface area contributed by atoms with Crippen molar-refractivity contribution in [3.63, 3.8) is 0 Å². The molecule has 6 nitrogen and oxygen atoms in total. The van der Waals surface area contributed by atoms with Gasteiger partial charge in [0.15, 0.2) is 0 Å². The molecule has 0 spiro atoms. The molecule has 1 aliphatic rings. The minimum atomic E-state index is -0.676. The number of amides is 1. The van der Waals surface area contributed by atoms with E-state index in [0.717, 1.165) is 11.4 Å². The first-order chi connectivity index (χ1) is 13.4. The third-order valence-electron chi connectivity index (χ3n) is 4.56. The molecule has 1 N–H and O–H groups in total. The first-order valence-corrected chi connectivity index (χ1v) is 9.51. The van der Waals surface area contributed by atoms with Crippen LogP contribution in [0.15, 0.2) is 48.5 Å². The Hall–Kier alpha value is -3.02. The molecule has 0 aliphatic carbocycles. The zero-order chi connectivity index (χ0) is 20.1. The Morgan fingerprint density at radius 1 is 1.14 bits per heavy atom. The number of carbonyl (C=O) groups excluding carboxylic acids is 2. The molecule has 1 aliphatic heterocycles. The number of hydrogen-bond acceptors (Lipinski definition) is 5. The van der Waals surface area contributed by atoms with Crippen LogP contribution in [-0.2, 0) is 9.53 Å². The van der Waals surface area contributed by atoms with Crippen molar-refractivity contribution in [2.24, 2.45) is 0 Å². The number of para-hydroxylation sites is 2. The first kappa shape index (κ1) is 19.7. The number of anilines is 2. The molecule has 28 heavy (non-hydrogen) atoms. The summed E-state index contributed by atoms with van der Waals surface area (Å²) in [5.74, 6) is 0.248. The van der Waals surface area contributed by atoms with Crippen LogP contribution in [-0.4, -0.2) is 37.2 Å². The van der Waals surface area contributed by atoms with Crippen LogP contribution < -0.4 is 15.0 Å². The Morgan fingerprint density at radius 3 is 2.71 bits per heavy atom. The average Bonchev–Trinajstić information content (AvgIpc) is 2.68. The standard InChI is InChI=1S/C22H26N2O4/c1-4-27-17-10-7-9-16(15-17)20(25)28-14-8-13-24-19-12-6-5-11-18(19)23-22(2,3)21(24)26/h5-7,9-12,15,23H,4,8,13-14H2,1-3H3. The first-order valence-electron chi connectivity index (χ1n) is 9.51. The van der Waals surface area contributed by atoms with E-state index in [1.54, 1.807) is 29.2 Å². The number of esters is 1. The lowest BCUT2D eigenvalue weighted by molar-refractivity contribution is -0.122. The second kappa shape index (κ2) is 8.33. The molecule has 3 rings (SSSR count). The fraction of sp³-hybridized carbons (Fsp3) is 0.364. The number of fused-ring (bicyclic) bond motifs is 1. The second-order valence-corrected chi connectivity index (χ2v) is 7.17. The van der Waals surface area contributed by atoms with Gasteiger partial charge in [-0.1, -0.05) is 18.2 Å². The molecule has 6 heteroatoms. The van der Waals surface area contributed by atoms with E-state index in [2.05, 4.69) is 5.32 Å². The molecular weight excluding hydrogens is 356 g/mol. The van der Waals surface area contributed by atoms with Crippen LogP contribution in [0.25, 0.3) is 0 Å². The summed E-state index contributed by atoms with van der Waals surface area (Å²) in [4.78, 5) is 26.8. The lowest BCUT2D eigenvalue weighted by Gasteiger charge is -2.40. The molecule has 0 saturated heterocycles. The SMILES string of the molecule is CCOc1cccc(C(=O)OCCCN2C(=O)C(C)(C)Nc3ccccc32)c1. The number of nitrogens with zero attached hydrogens (tertiary/aromatic N) is 1. The van der Waals surface area contributed by atoms with Crippen LogP contribution in [0.3, 0.4) is 0 Å². The summed E-state index contributed by atoms with van der Waals surface area (Å²) < 4.78 is 10.8. The minimum absolute atomic E-state index is 0.00180. The maximum absolute atomic E-state index is 12.8. The minimum Gasteiger partial charge on any atom is -0.494 e. The molecular formula is C22H26N2O4. The van der Waals surface area contributed by atoms with Gasteiger partial charge in [-0.15, -0.1) is 0 Å². The van der Waals surface area contributed by atoms with E-state index in [1.165, 1.54) is 0 Å². The molecule has 0 aromatic heterocycles. The molecule has 2 aromatic carbocycles. The molecule has 0 atom stereocenters. The number of nitrogens with one attached hydrogen (secondary N) is 1. The Bertz CT molecular complexity index is 863. The van der Waals surface area contributed by atoms with Gasteiger partial charge in [-0.3, -0.25) is 4.79 Å². The summed E-state index contributed by atoms with van der Waals surface area (Å²) in [6.45, 7) is 6.87. The Kier molecular flexibility index (Phi) is 5.87. The van der Waals surface area contributed by atoms with Crippen molar-refractivity contribution in [2.75, 3.05) is 30.0 Å². The third kappa shape index (κ3) is 4.27. The van der Waals surface area contributed by atoms with Crippen molar-refractivity contribution >= 4 is 23.3 Å². The third-order valence-corrected chi connectivity index (χ3v) is 4.56. The lowest BCUT2D eigenvalue weighted by Crippen LogP contribution is -2.54. The molecule has 0 radical (unpaired) electrons. The van der Waals surface area contributed by atoms with Crippen LogP contribution in [0.5, 0.6) is 5.75 Å². The fourth-order valence-electron chi connectivity index (χ4n) is 3.22. The van der Waals surface area contributed by atoms with E-state index in [-0.39, 0.29) is 12.5 Å². The zero-order valence-electron chi connectivity index (χ0n) is 16.5. The van der Waals surface area contributed by atoms with Gasteiger partial charge in [0.05, 0.1) is 30.2 Å². The number of rotatable bonds is 7. The summed E-state index contributed by atoms with van der Waals surface area (Å²) in [7, 11) is 0. The van der Waals surface area contributed by atoms with Gasteiger partial charge in [0.1, 0.15) is 11.3 Å². The zero-order valence-corrected chi connectivity index (χ0v) is 16.5. The average molecular weight is 382 g/mol. The van der Waals surface area contributed by atoms with Crippen molar-refractivity contribution in [3.05, 3.63) is 54.1 Å². The molecule has 2 aromatic rings. The predicted molar refractivity (Wildman–Crippen MR) is 109 cm³/mol. The molecule has 0 unspecified atom stereocenters. The van der Waals surface area contributed by atoms with Crippen LogP contribution in [0.2, 0.25) is 0 Å². The number of hydrogen-bond donors (Lipinski definition) is 1. The summed E-state index contributed by atoms with van der Waals surface area (Å²) in [6, 6.07) is 14.7. The van der Waals surface area contributed by atoms with E-state index in [0.29, 0.717) is 30.9 Å². The Morgan fingerprint density at radius 2 is 1.93 bits per heavy atom. The van der Waals surface area contributed by atoms with E-state index in [1.807, 2.05) is 45.0 Å². The van der Waals surface area contributed by atoms with Gasteiger partial charge in [-0.2, -0.15) is 0 Å². The van der Waals surface area contributed by atoms with Gasteiger partial charge in [-0.05, 0) is 57.5 Å². The van der Waals surface area contributed by atoms with Gasteiger partial charge < -0.3 is 19.7 Å². The van der Waals surface area contributed by atoms with E-state index in [4.69, 9.17) is 9.47 Å². The summed E-state index contributed by atoms with van der Waals surface area (Å²) >= 11 is 0. The highest BCUT2D eigenvalue weighted by atomic mass is 16.5. The van der Waals surface area contributed by atoms with Crippen molar-refractivity contribution < 1.29 is 19.1 Å². The maximum Gasteiger partial charge on any atom is 0.338 e. The highest BCUT2D eigenvalue weighted by Crippen LogP contribution is 2.34. The van der Waals surface area contributed by atoms with Crippen molar-refractivity contribution in [2.45, 2.75) is 32.7 Å². The normalized spacial score (nSPS) is 14.8. The van der Waals surface area contributed by atoms with Crippen LogP contribution in [0.1, 0.15) is 37.6 Å². The molecule has 148 valence electrons. The van der Waals surface area contributed by atoms with Crippen molar-refractivity contribution in [3.8, 4) is 5.75 Å². The van der Waals surface area contributed by atoms with E-state index >= 15 is 0 Å². The molecule has 1 heterocycles. The smallest absolute Gasteiger partial charge is 0.338 e. The van der Waals surface area contributed by atoms with Gasteiger partial charge in [-0.25, -0.2) is 4.79 Å².